The van der Waals surface area contributed by atoms with Crippen LogP contribution in [0.1, 0.15) is 34.8 Å². The van der Waals surface area contributed by atoms with E-state index in [4.69, 9.17) is 10.5 Å². The van der Waals surface area contributed by atoms with E-state index in [1.807, 2.05) is 30.3 Å². The molecular formula is C19H21FN2O3. The summed E-state index contributed by atoms with van der Waals surface area (Å²) in [5.74, 6) is -0.721. The largest absolute Gasteiger partial charge is 0.445 e. The summed E-state index contributed by atoms with van der Waals surface area (Å²) in [6, 6.07) is 11.4. The molecule has 0 bridgehead atoms. The lowest BCUT2D eigenvalue weighted by Gasteiger charge is -2.14. The summed E-state index contributed by atoms with van der Waals surface area (Å²) >= 11 is 0. The Morgan fingerprint density at radius 1 is 1.24 bits per heavy atom. The van der Waals surface area contributed by atoms with Gasteiger partial charge in [-0.2, -0.15) is 0 Å². The van der Waals surface area contributed by atoms with E-state index >= 15 is 0 Å². The number of anilines is 1. The number of carbonyl (C=O) groups is 2. The first-order valence-electron chi connectivity index (χ1n) is 7.93. The third kappa shape index (κ3) is 5.31. The van der Waals surface area contributed by atoms with Gasteiger partial charge in [0.25, 0.3) is 0 Å². The molecule has 0 spiro atoms. The fraction of sp³-hybridized carbons (Fsp3) is 0.263. The summed E-state index contributed by atoms with van der Waals surface area (Å²) in [5, 5.41) is 2.60. The van der Waals surface area contributed by atoms with Gasteiger partial charge in [-0.05, 0) is 37.1 Å². The van der Waals surface area contributed by atoms with Crippen LogP contribution < -0.4 is 11.1 Å². The number of nitrogen functional groups attached to an aromatic ring is 1. The van der Waals surface area contributed by atoms with Crippen molar-refractivity contribution in [3.63, 3.8) is 0 Å². The Labute approximate surface area is 146 Å². The molecule has 0 aromatic heterocycles. The van der Waals surface area contributed by atoms with Crippen LogP contribution in [0, 0.1) is 12.7 Å². The number of hydrogen-bond donors (Lipinski definition) is 2. The van der Waals surface area contributed by atoms with Crippen LogP contribution in [-0.2, 0) is 11.3 Å². The summed E-state index contributed by atoms with van der Waals surface area (Å²) in [6.45, 7) is 3.40. The van der Waals surface area contributed by atoms with Crippen molar-refractivity contribution in [3.8, 4) is 0 Å². The van der Waals surface area contributed by atoms with E-state index in [2.05, 4.69) is 5.32 Å². The normalized spacial score (nSPS) is 11.6. The topological polar surface area (TPSA) is 81.4 Å². The first kappa shape index (κ1) is 18.4. The van der Waals surface area contributed by atoms with Crippen molar-refractivity contribution in [2.45, 2.75) is 32.9 Å². The van der Waals surface area contributed by atoms with Gasteiger partial charge in [-0.15, -0.1) is 0 Å². The van der Waals surface area contributed by atoms with Crippen molar-refractivity contribution in [1.82, 2.24) is 5.32 Å². The quantitative estimate of drug-likeness (QED) is 0.620. The van der Waals surface area contributed by atoms with Crippen molar-refractivity contribution in [2.24, 2.45) is 0 Å². The lowest BCUT2D eigenvalue weighted by molar-refractivity contribution is 0.0967. The minimum absolute atomic E-state index is 0.0374. The molecule has 3 N–H and O–H groups in total. The number of aryl methyl sites for hydroxylation is 1. The van der Waals surface area contributed by atoms with Gasteiger partial charge in [0.2, 0.25) is 0 Å². The molecule has 25 heavy (non-hydrogen) atoms. The van der Waals surface area contributed by atoms with E-state index < -0.39 is 18.0 Å². The van der Waals surface area contributed by atoms with Gasteiger partial charge in [0.05, 0.1) is 0 Å². The lowest BCUT2D eigenvalue weighted by Crippen LogP contribution is -2.34. The average molecular weight is 344 g/mol. The third-order valence-corrected chi connectivity index (χ3v) is 3.70. The lowest BCUT2D eigenvalue weighted by atomic mass is 10.0. The third-order valence-electron chi connectivity index (χ3n) is 3.70. The molecule has 2 rings (SSSR count). The molecule has 0 fully saturated rings. The maximum absolute atomic E-state index is 13.4. The molecule has 0 unspecified atom stereocenters. The number of alkyl carbamates (subject to hydrolysis) is 1. The molecule has 0 aliphatic carbocycles. The van der Waals surface area contributed by atoms with Crippen LogP contribution in [0.25, 0.3) is 0 Å². The molecular weight excluding hydrogens is 323 g/mol. The fourth-order valence-corrected chi connectivity index (χ4v) is 2.34. The number of carbonyl (C=O) groups excluding carboxylic acids is 2. The zero-order valence-electron chi connectivity index (χ0n) is 14.2. The van der Waals surface area contributed by atoms with E-state index in [-0.39, 0.29) is 30.1 Å². The van der Waals surface area contributed by atoms with Gasteiger partial charge < -0.3 is 15.8 Å². The highest BCUT2D eigenvalue weighted by Crippen LogP contribution is 2.19. The number of amides is 1. The molecule has 1 atom stereocenters. The minimum atomic E-state index is -0.604. The Hall–Kier alpha value is -2.89. The van der Waals surface area contributed by atoms with Crippen LogP contribution >= 0.6 is 0 Å². The van der Waals surface area contributed by atoms with E-state index in [1.54, 1.807) is 13.8 Å². The van der Waals surface area contributed by atoms with Gasteiger partial charge in [0.15, 0.2) is 5.78 Å². The van der Waals surface area contributed by atoms with Crippen molar-refractivity contribution in [1.29, 1.82) is 0 Å². The zero-order chi connectivity index (χ0) is 18.4. The Morgan fingerprint density at radius 3 is 2.60 bits per heavy atom. The summed E-state index contributed by atoms with van der Waals surface area (Å²) in [6.07, 6.45) is -0.567. The summed E-state index contributed by atoms with van der Waals surface area (Å²) in [5.41, 5.74) is 7.27. The van der Waals surface area contributed by atoms with E-state index in [1.165, 1.54) is 6.07 Å². The number of rotatable bonds is 6. The van der Waals surface area contributed by atoms with Gasteiger partial charge in [-0.25, -0.2) is 9.18 Å². The molecule has 6 heteroatoms. The van der Waals surface area contributed by atoms with Crippen LogP contribution in [0.3, 0.4) is 0 Å². The standard InChI is InChI=1S/C19H21FN2O3/c1-12-8-15(17(21)10-16(12)20)18(23)9-13(2)22-19(24)25-11-14-6-4-3-5-7-14/h3-8,10,13H,9,11,21H2,1-2H3,(H,22,24)/t13-/m1/s1. The van der Waals surface area contributed by atoms with Gasteiger partial charge in [0.1, 0.15) is 12.4 Å². The molecule has 0 aliphatic heterocycles. The number of ether oxygens (including phenoxy) is 1. The number of ketones is 1. The molecule has 1 amide bonds. The molecule has 2 aromatic carbocycles. The second-order valence-corrected chi connectivity index (χ2v) is 5.92. The predicted octanol–water partition coefficient (Wildman–Crippen LogP) is 3.60. The highest BCUT2D eigenvalue weighted by Gasteiger charge is 2.17. The minimum Gasteiger partial charge on any atom is -0.445 e. The smallest absolute Gasteiger partial charge is 0.407 e. The molecule has 2 aromatic rings. The summed E-state index contributed by atoms with van der Waals surface area (Å²) < 4.78 is 18.5. The van der Waals surface area contributed by atoms with Gasteiger partial charge in [-0.1, -0.05) is 30.3 Å². The van der Waals surface area contributed by atoms with Crippen molar-refractivity contribution in [2.75, 3.05) is 5.73 Å². The van der Waals surface area contributed by atoms with Crippen molar-refractivity contribution < 1.29 is 18.7 Å². The van der Waals surface area contributed by atoms with Crippen molar-refractivity contribution in [3.05, 3.63) is 65.0 Å². The molecule has 0 radical (unpaired) electrons. The van der Waals surface area contributed by atoms with Crippen LogP contribution in [0.2, 0.25) is 0 Å². The van der Waals surface area contributed by atoms with Crippen molar-refractivity contribution >= 4 is 17.6 Å². The van der Waals surface area contributed by atoms with Crippen LogP contribution in [0.15, 0.2) is 42.5 Å². The maximum atomic E-state index is 13.4. The first-order chi connectivity index (χ1) is 11.9. The summed E-state index contributed by atoms with van der Waals surface area (Å²) in [7, 11) is 0. The number of halogens is 1. The Bertz CT molecular complexity index is 763. The number of Topliss-reactive ketones (excluding diaryl/α,β-unsaturated/α-hetero) is 1. The van der Waals surface area contributed by atoms with Gasteiger partial charge >= 0.3 is 6.09 Å². The predicted molar refractivity (Wildman–Crippen MR) is 93.7 cm³/mol. The second-order valence-electron chi connectivity index (χ2n) is 5.92. The molecule has 0 saturated heterocycles. The molecule has 0 saturated carbocycles. The monoisotopic (exact) mass is 344 g/mol. The fourth-order valence-electron chi connectivity index (χ4n) is 2.34. The van der Waals surface area contributed by atoms with Gasteiger partial charge in [0, 0.05) is 23.7 Å². The zero-order valence-corrected chi connectivity index (χ0v) is 14.2. The number of benzene rings is 2. The Morgan fingerprint density at radius 2 is 1.92 bits per heavy atom. The maximum Gasteiger partial charge on any atom is 0.407 e. The van der Waals surface area contributed by atoms with E-state index in [9.17, 15) is 14.0 Å². The Balaban J connectivity index is 1.87. The van der Waals surface area contributed by atoms with Crippen LogP contribution in [0.4, 0.5) is 14.9 Å². The molecule has 132 valence electrons. The molecule has 0 aliphatic rings. The Kier molecular flexibility index (Phi) is 6.11. The summed E-state index contributed by atoms with van der Waals surface area (Å²) in [4.78, 5) is 24.1. The first-order valence-corrected chi connectivity index (χ1v) is 7.93. The van der Waals surface area contributed by atoms with E-state index in [0.717, 1.165) is 11.6 Å². The van der Waals surface area contributed by atoms with E-state index in [0.29, 0.717) is 5.56 Å². The average Bonchev–Trinajstić information content (AvgIpc) is 2.57. The number of nitrogens with one attached hydrogen (secondary N) is 1. The van der Waals surface area contributed by atoms with Gasteiger partial charge in [-0.3, -0.25) is 4.79 Å². The highest BCUT2D eigenvalue weighted by molar-refractivity contribution is 6.01. The number of nitrogens with two attached hydrogens (primary N) is 1. The number of hydrogen-bond acceptors (Lipinski definition) is 4. The molecule has 0 heterocycles. The van der Waals surface area contributed by atoms with Crippen LogP contribution in [0.5, 0.6) is 0 Å². The highest BCUT2D eigenvalue weighted by atomic mass is 19.1. The SMILES string of the molecule is Cc1cc(C(=O)C[C@@H](C)NC(=O)OCc2ccccc2)c(N)cc1F. The van der Waals surface area contributed by atoms with Crippen LogP contribution in [-0.4, -0.2) is 17.9 Å². The molecule has 5 nitrogen and oxygen atoms in total. The second kappa shape index (κ2) is 8.28.